The lowest BCUT2D eigenvalue weighted by molar-refractivity contribution is -0.137. The first-order valence-electron chi connectivity index (χ1n) is 5.93. The lowest BCUT2D eigenvalue weighted by Crippen LogP contribution is -2.29. The lowest BCUT2D eigenvalue weighted by atomic mass is 10.2. The van der Waals surface area contributed by atoms with Gasteiger partial charge in [-0.15, -0.1) is 0 Å². The third-order valence-corrected chi connectivity index (χ3v) is 2.45. The van der Waals surface area contributed by atoms with Gasteiger partial charge in [-0.2, -0.15) is 13.2 Å². The van der Waals surface area contributed by atoms with Crippen LogP contribution in [0.4, 0.5) is 24.8 Å². The fourth-order valence-corrected chi connectivity index (χ4v) is 1.48. The Balaban J connectivity index is 2.04. The maximum Gasteiger partial charge on any atom is 0.416 e. The Bertz CT molecular complexity index is 689. The molecule has 0 unspecified atom stereocenters. The lowest BCUT2D eigenvalue weighted by Gasteiger charge is -2.09. The standard InChI is InChI=1S/C13H9F3N4O2/c14-13(15,16)8-3-1-4-9(7-8)19-10(21)11(22)20-12-17-5-2-6-18-12/h1-7H,(H,19,21)(H,17,18,20,22). The van der Waals surface area contributed by atoms with Crippen LogP contribution < -0.4 is 10.6 Å². The number of carbonyl (C=O) groups excluding carboxylic acids is 2. The molecule has 0 aliphatic rings. The third kappa shape index (κ3) is 4.01. The number of nitrogens with zero attached hydrogens (tertiary/aromatic N) is 2. The van der Waals surface area contributed by atoms with Crippen molar-refractivity contribution < 1.29 is 22.8 Å². The number of rotatable bonds is 2. The fourth-order valence-electron chi connectivity index (χ4n) is 1.48. The van der Waals surface area contributed by atoms with Gasteiger partial charge in [-0.1, -0.05) is 6.07 Å². The molecule has 0 saturated heterocycles. The Morgan fingerprint density at radius 2 is 1.59 bits per heavy atom. The van der Waals surface area contributed by atoms with E-state index in [1.165, 1.54) is 24.5 Å². The highest BCUT2D eigenvalue weighted by molar-refractivity contribution is 6.43. The van der Waals surface area contributed by atoms with E-state index in [1.807, 2.05) is 0 Å². The van der Waals surface area contributed by atoms with Gasteiger partial charge in [-0.3, -0.25) is 14.9 Å². The summed E-state index contributed by atoms with van der Waals surface area (Å²) in [5.74, 6) is -2.32. The van der Waals surface area contributed by atoms with Crippen molar-refractivity contribution >= 4 is 23.5 Å². The highest BCUT2D eigenvalue weighted by atomic mass is 19.4. The van der Waals surface area contributed by atoms with Crippen molar-refractivity contribution in [3.63, 3.8) is 0 Å². The predicted octanol–water partition coefficient (Wildman–Crippen LogP) is 2.07. The molecular formula is C13H9F3N4O2. The minimum atomic E-state index is -4.54. The van der Waals surface area contributed by atoms with Crippen LogP contribution in [0.2, 0.25) is 0 Å². The van der Waals surface area contributed by atoms with Gasteiger partial charge in [0.25, 0.3) is 0 Å². The van der Waals surface area contributed by atoms with Gasteiger partial charge in [0.15, 0.2) is 0 Å². The van der Waals surface area contributed by atoms with Crippen LogP contribution in [0.3, 0.4) is 0 Å². The maximum atomic E-state index is 12.5. The summed E-state index contributed by atoms with van der Waals surface area (Å²) >= 11 is 0. The molecule has 0 saturated carbocycles. The smallest absolute Gasteiger partial charge is 0.318 e. The molecule has 6 nitrogen and oxygen atoms in total. The number of anilines is 2. The van der Waals surface area contributed by atoms with Crippen LogP contribution in [0.25, 0.3) is 0 Å². The molecular weight excluding hydrogens is 301 g/mol. The van der Waals surface area contributed by atoms with Crippen molar-refractivity contribution in [3.8, 4) is 0 Å². The number of alkyl halides is 3. The minimum absolute atomic E-state index is 0.0910. The number of benzene rings is 1. The van der Waals surface area contributed by atoms with Crippen molar-refractivity contribution in [2.24, 2.45) is 0 Å². The number of hydrogen-bond donors (Lipinski definition) is 2. The van der Waals surface area contributed by atoms with Crippen LogP contribution in [-0.4, -0.2) is 21.8 Å². The molecule has 0 aliphatic heterocycles. The molecule has 2 amide bonds. The van der Waals surface area contributed by atoms with Crippen LogP contribution in [0.1, 0.15) is 5.56 Å². The quantitative estimate of drug-likeness (QED) is 0.832. The molecule has 2 aromatic rings. The topological polar surface area (TPSA) is 84.0 Å². The summed E-state index contributed by atoms with van der Waals surface area (Å²) in [4.78, 5) is 30.6. The van der Waals surface area contributed by atoms with Crippen molar-refractivity contribution in [3.05, 3.63) is 48.3 Å². The van der Waals surface area contributed by atoms with E-state index < -0.39 is 23.6 Å². The second kappa shape index (κ2) is 6.20. The third-order valence-electron chi connectivity index (χ3n) is 2.45. The van der Waals surface area contributed by atoms with E-state index in [9.17, 15) is 22.8 Å². The van der Waals surface area contributed by atoms with E-state index in [-0.39, 0.29) is 11.6 Å². The first-order chi connectivity index (χ1) is 10.4. The molecule has 2 N–H and O–H groups in total. The second-order valence-electron chi connectivity index (χ2n) is 4.06. The van der Waals surface area contributed by atoms with Gasteiger partial charge in [0, 0.05) is 18.1 Å². The molecule has 114 valence electrons. The molecule has 0 spiro atoms. The number of carbonyl (C=O) groups is 2. The minimum Gasteiger partial charge on any atom is -0.318 e. The number of halogens is 3. The number of nitrogens with one attached hydrogen (secondary N) is 2. The summed E-state index contributed by atoms with van der Waals surface area (Å²) in [6.07, 6.45) is -1.83. The van der Waals surface area contributed by atoms with Crippen LogP contribution in [0, 0.1) is 0 Å². The van der Waals surface area contributed by atoms with E-state index in [1.54, 1.807) is 0 Å². The number of aromatic nitrogens is 2. The Labute approximate surface area is 122 Å². The van der Waals surface area contributed by atoms with Gasteiger partial charge in [0.05, 0.1) is 5.56 Å². The van der Waals surface area contributed by atoms with Crippen molar-refractivity contribution in [2.75, 3.05) is 10.6 Å². The summed E-state index contributed by atoms with van der Waals surface area (Å²) in [6, 6.07) is 5.45. The van der Waals surface area contributed by atoms with Crippen LogP contribution >= 0.6 is 0 Å². The van der Waals surface area contributed by atoms with Crippen molar-refractivity contribution in [1.29, 1.82) is 0 Å². The van der Waals surface area contributed by atoms with Crippen LogP contribution in [0.5, 0.6) is 0 Å². The predicted molar refractivity (Wildman–Crippen MR) is 70.7 cm³/mol. The van der Waals surface area contributed by atoms with Gasteiger partial charge in [-0.05, 0) is 24.3 Å². The highest BCUT2D eigenvalue weighted by Gasteiger charge is 2.30. The largest absolute Gasteiger partial charge is 0.416 e. The van der Waals surface area contributed by atoms with Gasteiger partial charge in [0.1, 0.15) is 0 Å². The van der Waals surface area contributed by atoms with Gasteiger partial charge >= 0.3 is 18.0 Å². The fraction of sp³-hybridized carbons (Fsp3) is 0.0769. The zero-order valence-corrected chi connectivity index (χ0v) is 10.9. The van der Waals surface area contributed by atoms with E-state index in [4.69, 9.17) is 0 Å². The normalized spacial score (nSPS) is 10.9. The first-order valence-corrected chi connectivity index (χ1v) is 5.93. The Kier molecular flexibility index (Phi) is 4.35. The molecule has 0 radical (unpaired) electrons. The van der Waals surface area contributed by atoms with Crippen LogP contribution in [0.15, 0.2) is 42.7 Å². The summed E-state index contributed by atoms with van der Waals surface area (Å²) in [7, 11) is 0. The highest BCUT2D eigenvalue weighted by Crippen LogP contribution is 2.30. The average molecular weight is 310 g/mol. The van der Waals surface area contributed by atoms with Crippen molar-refractivity contribution in [1.82, 2.24) is 9.97 Å². The number of amides is 2. The Morgan fingerprint density at radius 1 is 0.955 bits per heavy atom. The molecule has 1 aromatic heterocycles. The van der Waals surface area contributed by atoms with Crippen LogP contribution in [-0.2, 0) is 15.8 Å². The molecule has 22 heavy (non-hydrogen) atoms. The van der Waals surface area contributed by atoms with Gasteiger partial charge in [-0.25, -0.2) is 9.97 Å². The Hall–Kier alpha value is -2.97. The maximum absolute atomic E-state index is 12.5. The average Bonchev–Trinajstić information content (AvgIpc) is 2.47. The number of hydrogen-bond acceptors (Lipinski definition) is 4. The molecule has 0 bridgehead atoms. The zero-order valence-electron chi connectivity index (χ0n) is 10.9. The molecule has 2 rings (SSSR count). The Morgan fingerprint density at radius 3 is 2.23 bits per heavy atom. The van der Waals surface area contributed by atoms with E-state index in [0.29, 0.717) is 0 Å². The summed E-state index contributed by atoms with van der Waals surface area (Å²) < 4.78 is 37.6. The van der Waals surface area contributed by atoms with E-state index in [0.717, 1.165) is 18.2 Å². The summed E-state index contributed by atoms with van der Waals surface area (Å²) in [6.45, 7) is 0. The zero-order chi connectivity index (χ0) is 16.2. The molecule has 0 atom stereocenters. The molecule has 0 fully saturated rings. The molecule has 0 aliphatic carbocycles. The molecule has 9 heteroatoms. The summed E-state index contributed by atoms with van der Waals surface area (Å²) in [5, 5.41) is 4.18. The second-order valence-corrected chi connectivity index (χ2v) is 4.06. The van der Waals surface area contributed by atoms with Gasteiger partial charge in [0.2, 0.25) is 5.95 Å². The molecule has 1 heterocycles. The first kappa shape index (κ1) is 15.4. The van der Waals surface area contributed by atoms with E-state index in [2.05, 4.69) is 20.6 Å². The molecule has 1 aromatic carbocycles. The van der Waals surface area contributed by atoms with E-state index >= 15 is 0 Å². The monoisotopic (exact) mass is 310 g/mol. The van der Waals surface area contributed by atoms with Crippen molar-refractivity contribution in [2.45, 2.75) is 6.18 Å². The summed E-state index contributed by atoms with van der Waals surface area (Å²) in [5.41, 5.74) is -1.08. The van der Waals surface area contributed by atoms with Gasteiger partial charge < -0.3 is 5.32 Å². The SMILES string of the molecule is O=C(Nc1cccc(C(F)(F)F)c1)C(=O)Nc1ncccn1.